The highest BCUT2D eigenvalue weighted by Gasteiger charge is 2.25. The third-order valence-corrected chi connectivity index (χ3v) is 5.90. The summed E-state index contributed by atoms with van der Waals surface area (Å²) in [5, 5.41) is 8.92. The Morgan fingerprint density at radius 3 is 2.41 bits per heavy atom. The van der Waals surface area contributed by atoms with Crippen molar-refractivity contribution in [2.45, 2.75) is 77.2 Å². The van der Waals surface area contributed by atoms with E-state index in [1.54, 1.807) is 0 Å². The zero-order valence-electron chi connectivity index (χ0n) is 14.4. The quantitative estimate of drug-likeness (QED) is 0.796. The monoisotopic (exact) mass is 304 g/mol. The maximum atomic E-state index is 4.47. The van der Waals surface area contributed by atoms with Gasteiger partial charge in [-0.15, -0.1) is 5.10 Å². The van der Waals surface area contributed by atoms with Crippen molar-refractivity contribution in [2.75, 3.05) is 19.6 Å². The zero-order chi connectivity index (χ0) is 15.4. The van der Waals surface area contributed by atoms with Crippen molar-refractivity contribution in [3.05, 3.63) is 11.9 Å². The maximum absolute atomic E-state index is 4.47. The van der Waals surface area contributed by atoms with Gasteiger partial charge in [0.25, 0.3) is 0 Å². The van der Waals surface area contributed by atoms with Gasteiger partial charge in [-0.1, -0.05) is 44.7 Å². The van der Waals surface area contributed by atoms with Crippen LogP contribution in [0.3, 0.4) is 0 Å². The molecule has 0 bridgehead atoms. The first-order chi connectivity index (χ1) is 10.8. The highest BCUT2D eigenvalue weighted by Crippen LogP contribution is 2.33. The molecule has 1 saturated heterocycles. The first-order valence-corrected chi connectivity index (χ1v) is 9.44. The number of rotatable bonds is 6. The van der Waals surface area contributed by atoms with E-state index in [1.807, 2.05) is 0 Å². The molecule has 1 aliphatic carbocycles. The molecule has 2 aliphatic rings. The van der Waals surface area contributed by atoms with Crippen LogP contribution in [-0.4, -0.2) is 39.5 Å². The number of likely N-dealkylation sites (tertiary alicyclic amines) is 1. The maximum Gasteiger partial charge on any atom is 0.0858 e. The van der Waals surface area contributed by atoms with E-state index in [9.17, 15) is 0 Å². The summed E-state index contributed by atoms with van der Waals surface area (Å²) in [4.78, 5) is 2.66. The fourth-order valence-electron chi connectivity index (χ4n) is 4.16. The van der Waals surface area contributed by atoms with Crippen molar-refractivity contribution >= 4 is 0 Å². The highest BCUT2D eigenvalue weighted by atomic mass is 15.4. The van der Waals surface area contributed by atoms with E-state index < -0.39 is 0 Å². The van der Waals surface area contributed by atoms with Gasteiger partial charge in [0.05, 0.1) is 11.7 Å². The number of nitrogens with zero attached hydrogens (tertiary/aromatic N) is 4. The van der Waals surface area contributed by atoms with Gasteiger partial charge in [-0.2, -0.15) is 0 Å². The molecule has 0 unspecified atom stereocenters. The Bertz CT molecular complexity index is 438. The molecular weight excluding hydrogens is 272 g/mol. The van der Waals surface area contributed by atoms with Crippen LogP contribution in [0.4, 0.5) is 0 Å². The lowest BCUT2D eigenvalue weighted by Crippen LogP contribution is -2.37. The van der Waals surface area contributed by atoms with Crippen molar-refractivity contribution in [2.24, 2.45) is 5.92 Å². The van der Waals surface area contributed by atoms with Gasteiger partial charge in [-0.25, -0.2) is 4.68 Å². The number of hydrogen-bond donors (Lipinski definition) is 0. The van der Waals surface area contributed by atoms with Gasteiger partial charge in [0.1, 0.15) is 0 Å². The summed E-state index contributed by atoms with van der Waals surface area (Å²) in [6.45, 7) is 8.37. The Balaban J connectivity index is 1.51. The SMILES string of the molecule is CCC(CC)CN1CCC(n2cc(C3CCCC3)nn2)CC1. The van der Waals surface area contributed by atoms with Crippen LogP contribution in [-0.2, 0) is 0 Å². The fraction of sp³-hybridized carbons (Fsp3) is 0.889. The second kappa shape index (κ2) is 7.58. The highest BCUT2D eigenvalue weighted by molar-refractivity contribution is 5.04. The third-order valence-electron chi connectivity index (χ3n) is 5.90. The minimum atomic E-state index is 0.570. The van der Waals surface area contributed by atoms with Gasteiger partial charge >= 0.3 is 0 Å². The molecule has 0 aromatic carbocycles. The third kappa shape index (κ3) is 3.70. The molecule has 22 heavy (non-hydrogen) atoms. The average Bonchev–Trinajstić information content (AvgIpc) is 3.24. The van der Waals surface area contributed by atoms with E-state index >= 15 is 0 Å². The lowest BCUT2D eigenvalue weighted by Gasteiger charge is -2.33. The molecule has 2 heterocycles. The molecule has 4 nitrogen and oxygen atoms in total. The minimum Gasteiger partial charge on any atom is -0.303 e. The molecule has 0 N–H and O–H groups in total. The van der Waals surface area contributed by atoms with E-state index in [0.717, 1.165) is 5.92 Å². The first-order valence-electron chi connectivity index (χ1n) is 9.44. The Hall–Kier alpha value is -0.900. The molecule has 124 valence electrons. The van der Waals surface area contributed by atoms with E-state index in [0.29, 0.717) is 12.0 Å². The molecule has 1 aromatic heterocycles. The second-order valence-electron chi connectivity index (χ2n) is 7.32. The summed E-state index contributed by atoms with van der Waals surface area (Å²) in [5.41, 5.74) is 1.25. The summed E-state index contributed by atoms with van der Waals surface area (Å²) in [7, 11) is 0. The van der Waals surface area contributed by atoms with Crippen molar-refractivity contribution < 1.29 is 0 Å². The van der Waals surface area contributed by atoms with Crippen LogP contribution >= 0.6 is 0 Å². The van der Waals surface area contributed by atoms with Crippen molar-refractivity contribution in [1.29, 1.82) is 0 Å². The molecule has 1 aromatic rings. The summed E-state index contributed by atoms with van der Waals surface area (Å²) < 4.78 is 2.17. The number of aromatic nitrogens is 3. The minimum absolute atomic E-state index is 0.570. The molecule has 0 radical (unpaired) electrons. The molecule has 1 saturated carbocycles. The van der Waals surface area contributed by atoms with Crippen LogP contribution < -0.4 is 0 Å². The zero-order valence-corrected chi connectivity index (χ0v) is 14.4. The molecule has 1 aliphatic heterocycles. The lowest BCUT2D eigenvalue weighted by molar-refractivity contribution is 0.153. The number of piperidine rings is 1. The molecule has 0 amide bonds. The standard InChI is InChI=1S/C18H32N4/c1-3-15(4-2)13-21-11-9-17(10-12-21)22-14-18(19-20-22)16-7-5-6-8-16/h14-17H,3-13H2,1-2H3. The van der Waals surface area contributed by atoms with Gasteiger partial charge in [0.15, 0.2) is 0 Å². The molecule has 3 rings (SSSR count). The van der Waals surface area contributed by atoms with E-state index in [1.165, 1.54) is 76.7 Å². The van der Waals surface area contributed by atoms with Crippen LogP contribution in [0.15, 0.2) is 6.20 Å². The summed E-state index contributed by atoms with van der Waals surface area (Å²) in [6.07, 6.45) is 12.7. The van der Waals surface area contributed by atoms with Gasteiger partial charge in [-0.05, 0) is 31.6 Å². The Labute approximate surface area is 135 Å². The Kier molecular flexibility index (Phi) is 5.51. The second-order valence-corrected chi connectivity index (χ2v) is 7.32. The van der Waals surface area contributed by atoms with Crippen LogP contribution in [0.5, 0.6) is 0 Å². The molecular formula is C18H32N4. The van der Waals surface area contributed by atoms with Crippen molar-refractivity contribution in [3.8, 4) is 0 Å². The van der Waals surface area contributed by atoms with E-state index in [2.05, 4.69) is 39.9 Å². The first kappa shape index (κ1) is 16.0. The summed E-state index contributed by atoms with van der Waals surface area (Å²) in [5.74, 6) is 1.56. The smallest absolute Gasteiger partial charge is 0.0858 e. The van der Waals surface area contributed by atoms with Crippen molar-refractivity contribution in [3.63, 3.8) is 0 Å². The Morgan fingerprint density at radius 2 is 1.77 bits per heavy atom. The molecule has 2 fully saturated rings. The largest absolute Gasteiger partial charge is 0.303 e. The molecule has 0 atom stereocenters. The number of hydrogen-bond acceptors (Lipinski definition) is 3. The predicted molar refractivity (Wildman–Crippen MR) is 90.0 cm³/mol. The topological polar surface area (TPSA) is 34.0 Å². The Morgan fingerprint density at radius 1 is 1.09 bits per heavy atom. The average molecular weight is 304 g/mol. The van der Waals surface area contributed by atoms with E-state index in [-0.39, 0.29) is 0 Å². The molecule has 0 spiro atoms. The van der Waals surface area contributed by atoms with Gasteiger partial charge < -0.3 is 4.90 Å². The van der Waals surface area contributed by atoms with Gasteiger partial charge in [0.2, 0.25) is 0 Å². The van der Waals surface area contributed by atoms with E-state index in [4.69, 9.17) is 0 Å². The van der Waals surface area contributed by atoms with Crippen LogP contribution in [0.25, 0.3) is 0 Å². The van der Waals surface area contributed by atoms with Gasteiger partial charge in [0, 0.05) is 31.7 Å². The fourth-order valence-corrected chi connectivity index (χ4v) is 4.16. The van der Waals surface area contributed by atoms with Crippen molar-refractivity contribution in [1.82, 2.24) is 19.9 Å². The van der Waals surface area contributed by atoms with Gasteiger partial charge in [-0.3, -0.25) is 0 Å². The van der Waals surface area contributed by atoms with Crippen LogP contribution in [0.2, 0.25) is 0 Å². The van der Waals surface area contributed by atoms with Crippen LogP contribution in [0.1, 0.15) is 82.9 Å². The lowest BCUT2D eigenvalue weighted by atomic mass is 9.99. The normalized spacial score (nSPS) is 22.0. The molecule has 4 heteroatoms. The summed E-state index contributed by atoms with van der Waals surface area (Å²) in [6, 6.07) is 0.570. The predicted octanol–water partition coefficient (Wildman–Crippen LogP) is 4.01. The van der Waals surface area contributed by atoms with Crippen LogP contribution in [0, 0.1) is 5.92 Å². The summed E-state index contributed by atoms with van der Waals surface area (Å²) >= 11 is 0.